The van der Waals surface area contributed by atoms with Gasteiger partial charge in [0.15, 0.2) is 0 Å². The van der Waals surface area contributed by atoms with Crippen LogP contribution in [0.25, 0.3) is 10.8 Å². The second kappa shape index (κ2) is 13.7. The van der Waals surface area contributed by atoms with Crippen molar-refractivity contribution in [1.29, 1.82) is 0 Å². The van der Waals surface area contributed by atoms with E-state index in [9.17, 15) is 31.5 Å². The van der Waals surface area contributed by atoms with Crippen LogP contribution in [0.15, 0.2) is 107 Å². The van der Waals surface area contributed by atoms with Crippen molar-refractivity contribution in [2.24, 2.45) is 0 Å². The maximum absolute atomic E-state index is 14.3. The summed E-state index contributed by atoms with van der Waals surface area (Å²) in [5.74, 6) is -1.74. The lowest BCUT2D eigenvalue weighted by atomic mass is 10.0. The SMILES string of the molecule is COc1cccc(C(C(=O)NS(=O)(=O)c2cccc3ccccc23)N2CCc3c2cccc3N(CC(=O)O)S(=O)(=O)c2c(C)cc(C)cc2C)c1. The third-order valence-corrected chi connectivity index (χ3v) is 12.5. The highest BCUT2D eigenvalue weighted by Gasteiger charge is 2.39. The first-order chi connectivity index (χ1) is 24.2. The molecule has 13 heteroatoms. The van der Waals surface area contributed by atoms with Gasteiger partial charge in [0, 0.05) is 23.2 Å². The smallest absolute Gasteiger partial charge is 0.324 e. The van der Waals surface area contributed by atoms with Crippen LogP contribution in [0.5, 0.6) is 5.75 Å². The number of rotatable bonds is 11. The van der Waals surface area contributed by atoms with E-state index in [1.165, 1.54) is 13.2 Å². The van der Waals surface area contributed by atoms with Crippen molar-refractivity contribution in [2.45, 2.75) is 43.0 Å². The minimum Gasteiger partial charge on any atom is -0.497 e. The minimum absolute atomic E-state index is 0.0223. The van der Waals surface area contributed by atoms with Crippen molar-refractivity contribution in [1.82, 2.24) is 4.72 Å². The molecule has 5 aromatic rings. The number of aliphatic carboxylic acids is 1. The van der Waals surface area contributed by atoms with E-state index < -0.39 is 44.5 Å². The van der Waals surface area contributed by atoms with E-state index in [0.29, 0.717) is 44.5 Å². The van der Waals surface area contributed by atoms with E-state index in [4.69, 9.17) is 4.74 Å². The fraction of sp³-hybridized carbons (Fsp3) is 0.211. The van der Waals surface area contributed by atoms with Crippen LogP contribution in [0.4, 0.5) is 11.4 Å². The highest BCUT2D eigenvalue weighted by atomic mass is 32.2. The number of nitrogens with one attached hydrogen (secondary N) is 1. The lowest BCUT2D eigenvalue weighted by Gasteiger charge is -2.31. The van der Waals surface area contributed by atoms with E-state index in [0.717, 1.165) is 9.87 Å². The Bertz CT molecular complexity index is 2380. The van der Waals surface area contributed by atoms with Crippen LogP contribution in [0, 0.1) is 20.8 Å². The number of benzene rings is 5. The Morgan fingerprint density at radius 2 is 1.55 bits per heavy atom. The maximum Gasteiger partial charge on any atom is 0.324 e. The standard InChI is InChI=1S/C38H37N3O8S2/c1-24-20-25(2)37(26(3)21-24)51(47,48)41(23-35(42)43)33-16-9-15-32-31(33)18-19-40(32)36(28-12-7-13-29(22-28)49-4)38(44)39-50(45,46)34-17-8-11-27-10-5-6-14-30(27)34/h5-17,20-22,36H,18-19,23H2,1-4H3,(H,39,44)(H,42,43). The Balaban J connectivity index is 1.45. The molecule has 0 aliphatic carbocycles. The van der Waals surface area contributed by atoms with Crippen molar-refractivity contribution in [2.75, 3.05) is 29.4 Å². The van der Waals surface area contributed by atoms with Gasteiger partial charge in [0.25, 0.3) is 26.0 Å². The summed E-state index contributed by atoms with van der Waals surface area (Å²) in [6.45, 7) is 4.56. The monoisotopic (exact) mass is 727 g/mol. The summed E-state index contributed by atoms with van der Waals surface area (Å²) in [7, 11) is -7.27. The molecule has 0 saturated heterocycles. The molecule has 1 heterocycles. The molecule has 1 aliphatic heterocycles. The number of hydrogen-bond acceptors (Lipinski definition) is 8. The summed E-state index contributed by atoms with van der Waals surface area (Å²) >= 11 is 0. The Morgan fingerprint density at radius 1 is 0.882 bits per heavy atom. The third-order valence-electron chi connectivity index (χ3n) is 8.98. The van der Waals surface area contributed by atoms with Crippen molar-refractivity contribution >= 4 is 54.1 Å². The summed E-state index contributed by atoms with van der Waals surface area (Å²) < 4.78 is 65.0. The number of hydrogen-bond donors (Lipinski definition) is 2. The lowest BCUT2D eigenvalue weighted by Crippen LogP contribution is -2.42. The molecule has 0 fully saturated rings. The van der Waals surface area contributed by atoms with Gasteiger partial charge in [0.2, 0.25) is 0 Å². The van der Waals surface area contributed by atoms with Crippen molar-refractivity contribution in [3.05, 3.63) is 125 Å². The predicted molar refractivity (Wildman–Crippen MR) is 195 cm³/mol. The number of aryl methyl sites for hydroxylation is 3. The number of carbonyl (C=O) groups is 2. The van der Waals surface area contributed by atoms with Gasteiger partial charge in [-0.3, -0.25) is 13.9 Å². The van der Waals surface area contributed by atoms with Gasteiger partial charge in [-0.05, 0) is 79.6 Å². The molecule has 1 amide bonds. The molecule has 6 rings (SSSR count). The van der Waals surface area contributed by atoms with Gasteiger partial charge in [-0.1, -0.05) is 72.3 Å². The van der Waals surface area contributed by atoms with Crippen molar-refractivity contribution in [3.63, 3.8) is 0 Å². The van der Waals surface area contributed by atoms with E-state index in [1.54, 1.807) is 110 Å². The molecular formula is C38H37N3O8S2. The molecule has 0 spiro atoms. The van der Waals surface area contributed by atoms with Gasteiger partial charge in [-0.25, -0.2) is 21.6 Å². The van der Waals surface area contributed by atoms with Crippen LogP contribution in [-0.4, -0.2) is 54.0 Å². The van der Waals surface area contributed by atoms with Crippen LogP contribution in [0.2, 0.25) is 0 Å². The normalized spacial score (nSPS) is 13.5. The summed E-state index contributed by atoms with van der Waals surface area (Å²) in [5.41, 5.74) is 3.39. The number of carboxylic acid groups (broad SMARTS) is 1. The summed E-state index contributed by atoms with van der Waals surface area (Å²) in [5, 5.41) is 11.1. The fourth-order valence-electron chi connectivity index (χ4n) is 7.01. The topological polar surface area (TPSA) is 150 Å². The first-order valence-corrected chi connectivity index (χ1v) is 19.0. The van der Waals surface area contributed by atoms with Crippen LogP contribution in [-0.2, 0) is 36.1 Å². The zero-order valence-corrected chi connectivity index (χ0v) is 30.1. The Hall–Kier alpha value is -5.40. The molecular weight excluding hydrogens is 691 g/mol. The number of carboxylic acids is 1. The van der Waals surface area contributed by atoms with E-state index in [2.05, 4.69) is 4.72 Å². The summed E-state index contributed by atoms with van der Waals surface area (Å²) in [6.07, 6.45) is 0.243. The van der Waals surface area contributed by atoms with Gasteiger partial charge in [0.1, 0.15) is 18.3 Å². The highest BCUT2D eigenvalue weighted by molar-refractivity contribution is 7.93. The molecule has 0 saturated carbocycles. The molecule has 5 aromatic carbocycles. The minimum atomic E-state index is -4.38. The molecule has 2 N–H and O–H groups in total. The number of ether oxygens (including phenoxy) is 1. The number of amides is 1. The van der Waals surface area contributed by atoms with Crippen LogP contribution >= 0.6 is 0 Å². The quantitative estimate of drug-likeness (QED) is 0.176. The zero-order chi connectivity index (χ0) is 36.7. The Morgan fingerprint density at radius 3 is 2.25 bits per heavy atom. The predicted octanol–water partition coefficient (Wildman–Crippen LogP) is 5.66. The second-order valence-electron chi connectivity index (χ2n) is 12.5. The van der Waals surface area contributed by atoms with E-state index >= 15 is 0 Å². The van der Waals surface area contributed by atoms with Crippen LogP contribution in [0.3, 0.4) is 0 Å². The molecule has 0 aromatic heterocycles. The summed E-state index contributed by atoms with van der Waals surface area (Å²) in [4.78, 5) is 28.2. The number of sulfonamides is 2. The number of methoxy groups -OCH3 is 1. The lowest BCUT2D eigenvalue weighted by molar-refractivity contribution is -0.135. The van der Waals surface area contributed by atoms with Crippen molar-refractivity contribution in [3.8, 4) is 5.75 Å². The summed E-state index contributed by atoms with van der Waals surface area (Å²) in [6, 6.07) is 25.6. The van der Waals surface area contributed by atoms with E-state index in [-0.39, 0.29) is 28.4 Å². The van der Waals surface area contributed by atoms with Gasteiger partial charge in [0.05, 0.1) is 22.6 Å². The average molecular weight is 728 g/mol. The Labute approximate surface area is 297 Å². The van der Waals surface area contributed by atoms with Gasteiger partial charge in [-0.2, -0.15) is 0 Å². The highest BCUT2D eigenvalue weighted by Crippen LogP contribution is 2.42. The first-order valence-electron chi connectivity index (χ1n) is 16.1. The molecule has 11 nitrogen and oxygen atoms in total. The number of anilines is 2. The second-order valence-corrected chi connectivity index (χ2v) is 15.9. The van der Waals surface area contributed by atoms with Gasteiger partial charge in [-0.15, -0.1) is 0 Å². The molecule has 264 valence electrons. The molecule has 0 radical (unpaired) electrons. The fourth-order valence-corrected chi connectivity index (χ4v) is 10.1. The van der Waals surface area contributed by atoms with Gasteiger partial charge < -0.3 is 14.7 Å². The third kappa shape index (κ3) is 6.74. The molecule has 0 bridgehead atoms. The number of carbonyl (C=O) groups excluding carboxylic acids is 1. The number of fused-ring (bicyclic) bond motifs is 2. The van der Waals surface area contributed by atoms with Crippen molar-refractivity contribution < 1.29 is 36.3 Å². The molecule has 51 heavy (non-hydrogen) atoms. The van der Waals surface area contributed by atoms with Crippen LogP contribution < -0.4 is 18.7 Å². The Kier molecular flexibility index (Phi) is 9.53. The maximum atomic E-state index is 14.3. The molecule has 1 aliphatic rings. The largest absolute Gasteiger partial charge is 0.497 e. The zero-order valence-electron chi connectivity index (χ0n) is 28.5. The van der Waals surface area contributed by atoms with E-state index in [1.807, 2.05) is 6.92 Å². The number of nitrogens with zero attached hydrogens (tertiary/aromatic N) is 2. The average Bonchev–Trinajstić information content (AvgIpc) is 3.50. The first kappa shape index (κ1) is 35.4. The molecule has 1 unspecified atom stereocenters. The van der Waals surface area contributed by atoms with Crippen LogP contribution in [0.1, 0.15) is 33.9 Å². The molecule has 1 atom stereocenters. The van der Waals surface area contributed by atoms with Gasteiger partial charge >= 0.3 is 5.97 Å².